The van der Waals surface area contributed by atoms with Gasteiger partial charge in [-0.25, -0.2) is 0 Å². The van der Waals surface area contributed by atoms with Crippen LogP contribution in [0.2, 0.25) is 0 Å². The highest BCUT2D eigenvalue weighted by Gasteiger charge is 2.18. The van der Waals surface area contributed by atoms with Crippen molar-refractivity contribution in [2.45, 2.75) is 6.92 Å². The average molecular weight is 290 g/mol. The Kier molecular flexibility index (Phi) is 2.45. The SMILES string of the molecule is C=C1C=C(C)c2c(ccc3c(=O)c4ccc(N)cc4oc23)N1. The molecule has 0 unspecified atom stereocenters. The van der Waals surface area contributed by atoms with Crippen molar-refractivity contribution in [3.8, 4) is 0 Å². The van der Waals surface area contributed by atoms with Crippen LogP contribution in [0.3, 0.4) is 0 Å². The maximum Gasteiger partial charge on any atom is 0.200 e. The lowest BCUT2D eigenvalue weighted by Gasteiger charge is -2.19. The molecule has 0 radical (unpaired) electrons. The van der Waals surface area contributed by atoms with Crippen LogP contribution in [0.4, 0.5) is 11.4 Å². The van der Waals surface area contributed by atoms with E-state index in [0.29, 0.717) is 27.6 Å². The summed E-state index contributed by atoms with van der Waals surface area (Å²) in [7, 11) is 0. The van der Waals surface area contributed by atoms with Crippen LogP contribution < -0.4 is 16.5 Å². The first-order chi connectivity index (χ1) is 10.5. The van der Waals surface area contributed by atoms with Gasteiger partial charge in [0.1, 0.15) is 11.2 Å². The third kappa shape index (κ3) is 1.67. The Labute approximate surface area is 126 Å². The molecule has 0 amide bonds. The zero-order chi connectivity index (χ0) is 15.4. The minimum atomic E-state index is -0.0451. The predicted octanol–water partition coefficient (Wildman–Crippen LogP) is 3.87. The van der Waals surface area contributed by atoms with Gasteiger partial charge < -0.3 is 15.5 Å². The topological polar surface area (TPSA) is 68.3 Å². The van der Waals surface area contributed by atoms with Crippen molar-refractivity contribution in [1.29, 1.82) is 0 Å². The molecule has 0 aliphatic carbocycles. The summed E-state index contributed by atoms with van der Waals surface area (Å²) in [6.45, 7) is 5.91. The van der Waals surface area contributed by atoms with Crippen LogP contribution in [0.5, 0.6) is 0 Å². The summed E-state index contributed by atoms with van der Waals surface area (Å²) < 4.78 is 6.02. The van der Waals surface area contributed by atoms with Gasteiger partial charge in [-0.1, -0.05) is 6.58 Å². The number of nitrogens with one attached hydrogen (secondary N) is 1. The fraction of sp³-hybridized carbons (Fsp3) is 0.0556. The molecule has 0 atom stereocenters. The summed E-state index contributed by atoms with van der Waals surface area (Å²) in [6.07, 6.45) is 1.94. The van der Waals surface area contributed by atoms with Crippen LogP contribution in [0.15, 0.2) is 57.9 Å². The van der Waals surface area contributed by atoms with E-state index in [-0.39, 0.29) is 5.43 Å². The normalized spacial score (nSPS) is 13.9. The van der Waals surface area contributed by atoms with Gasteiger partial charge in [0.05, 0.1) is 10.8 Å². The molecule has 2 aromatic carbocycles. The van der Waals surface area contributed by atoms with Gasteiger partial charge in [-0.05, 0) is 42.8 Å². The molecule has 1 aliphatic rings. The smallest absolute Gasteiger partial charge is 0.200 e. The van der Waals surface area contributed by atoms with Gasteiger partial charge in [-0.15, -0.1) is 0 Å². The van der Waals surface area contributed by atoms with Crippen LogP contribution in [0.1, 0.15) is 12.5 Å². The first-order valence-corrected chi connectivity index (χ1v) is 6.98. The van der Waals surface area contributed by atoms with Gasteiger partial charge >= 0.3 is 0 Å². The van der Waals surface area contributed by atoms with Crippen molar-refractivity contribution in [3.05, 3.63) is 64.5 Å². The second-order valence-electron chi connectivity index (χ2n) is 5.53. The number of hydrogen-bond acceptors (Lipinski definition) is 4. The van der Waals surface area contributed by atoms with E-state index in [9.17, 15) is 4.79 Å². The second kappa shape index (κ2) is 4.24. The lowest BCUT2D eigenvalue weighted by Crippen LogP contribution is -2.08. The largest absolute Gasteiger partial charge is 0.455 e. The molecule has 4 rings (SSSR count). The zero-order valence-corrected chi connectivity index (χ0v) is 12.1. The highest BCUT2D eigenvalue weighted by Crippen LogP contribution is 2.36. The fourth-order valence-corrected chi connectivity index (χ4v) is 2.97. The third-order valence-electron chi connectivity index (χ3n) is 3.94. The van der Waals surface area contributed by atoms with E-state index in [4.69, 9.17) is 10.2 Å². The number of nitrogens with two attached hydrogens (primary N) is 1. The Morgan fingerprint density at radius 1 is 1.18 bits per heavy atom. The lowest BCUT2D eigenvalue weighted by molar-refractivity contribution is 0.659. The van der Waals surface area contributed by atoms with E-state index in [2.05, 4.69) is 11.9 Å². The van der Waals surface area contributed by atoms with Gasteiger partial charge in [-0.3, -0.25) is 4.79 Å². The second-order valence-corrected chi connectivity index (χ2v) is 5.53. The van der Waals surface area contributed by atoms with E-state index in [1.807, 2.05) is 19.1 Å². The van der Waals surface area contributed by atoms with Crippen molar-refractivity contribution in [3.63, 3.8) is 0 Å². The molecule has 108 valence electrons. The highest BCUT2D eigenvalue weighted by atomic mass is 16.3. The maximum absolute atomic E-state index is 12.7. The molecule has 3 aromatic rings. The minimum absolute atomic E-state index is 0.0451. The summed E-state index contributed by atoms with van der Waals surface area (Å²) in [6, 6.07) is 8.77. The van der Waals surface area contributed by atoms with Crippen molar-refractivity contribution in [2.75, 3.05) is 11.1 Å². The number of allylic oxidation sites excluding steroid dienone is 2. The van der Waals surface area contributed by atoms with Gasteiger partial charge in [0, 0.05) is 28.7 Å². The molecular weight excluding hydrogens is 276 g/mol. The first kappa shape index (κ1) is 12.7. The van der Waals surface area contributed by atoms with E-state index >= 15 is 0 Å². The molecule has 2 heterocycles. The molecule has 0 saturated carbocycles. The molecule has 0 saturated heterocycles. The quantitative estimate of drug-likeness (QED) is 0.487. The predicted molar refractivity (Wildman–Crippen MR) is 90.8 cm³/mol. The molecule has 1 aliphatic heterocycles. The number of fused-ring (bicyclic) bond motifs is 4. The van der Waals surface area contributed by atoms with Crippen LogP contribution in [0, 0.1) is 0 Å². The van der Waals surface area contributed by atoms with Crippen LogP contribution in [-0.4, -0.2) is 0 Å². The standard InChI is InChI=1S/C18H14N2O2/c1-9-7-10(2)20-14-6-5-13-17(21)12-4-3-11(19)8-15(12)22-18(13)16(9)14/h3-8,20H,2,19H2,1H3. The van der Waals surface area contributed by atoms with Crippen molar-refractivity contribution in [2.24, 2.45) is 0 Å². The number of nitrogen functional groups attached to an aromatic ring is 1. The first-order valence-electron chi connectivity index (χ1n) is 6.98. The maximum atomic E-state index is 12.7. The lowest BCUT2D eigenvalue weighted by atomic mass is 9.97. The summed E-state index contributed by atoms with van der Waals surface area (Å²) in [5.74, 6) is 0. The van der Waals surface area contributed by atoms with Crippen molar-refractivity contribution in [1.82, 2.24) is 0 Å². The van der Waals surface area contributed by atoms with E-state index < -0.39 is 0 Å². The van der Waals surface area contributed by atoms with E-state index in [1.165, 1.54) is 0 Å². The van der Waals surface area contributed by atoms with Gasteiger partial charge in [0.15, 0.2) is 0 Å². The fourth-order valence-electron chi connectivity index (χ4n) is 2.97. The number of rotatable bonds is 0. The van der Waals surface area contributed by atoms with Gasteiger partial charge in [0.2, 0.25) is 5.43 Å². The van der Waals surface area contributed by atoms with Crippen molar-refractivity contribution >= 4 is 38.9 Å². The summed E-state index contributed by atoms with van der Waals surface area (Å²) in [5.41, 5.74) is 11.0. The summed E-state index contributed by atoms with van der Waals surface area (Å²) in [4.78, 5) is 12.7. The van der Waals surface area contributed by atoms with Gasteiger partial charge in [-0.2, -0.15) is 0 Å². The Morgan fingerprint density at radius 3 is 2.77 bits per heavy atom. The van der Waals surface area contributed by atoms with Crippen LogP contribution in [0.25, 0.3) is 27.5 Å². The Bertz CT molecular complexity index is 1060. The average Bonchev–Trinajstić information content (AvgIpc) is 2.46. The molecule has 1 aromatic heterocycles. The summed E-state index contributed by atoms with van der Waals surface area (Å²) >= 11 is 0. The molecular formula is C18H14N2O2. The Hall–Kier alpha value is -3.01. The van der Waals surface area contributed by atoms with Crippen LogP contribution >= 0.6 is 0 Å². The van der Waals surface area contributed by atoms with Gasteiger partial charge in [0.25, 0.3) is 0 Å². The molecule has 22 heavy (non-hydrogen) atoms. The molecule has 4 heteroatoms. The Morgan fingerprint density at radius 2 is 1.95 bits per heavy atom. The monoisotopic (exact) mass is 290 g/mol. The van der Waals surface area contributed by atoms with E-state index in [1.54, 1.807) is 24.3 Å². The number of benzene rings is 2. The molecule has 0 spiro atoms. The minimum Gasteiger partial charge on any atom is -0.455 e. The zero-order valence-electron chi connectivity index (χ0n) is 12.1. The summed E-state index contributed by atoms with van der Waals surface area (Å²) in [5, 5.41) is 4.31. The number of anilines is 2. The molecule has 0 fully saturated rings. The molecule has 0 bridgehead atoms. The Balaban J connectivity index is 2.21. The third-order valence-corrected chi connectivity index (χ3v) is 3.94. The highest BCUT2D eigenvalue weighted by molar-refractivity contribution is 6.01. The van der Waals surface area contributed by atoms with Crippen LogP contribution in [-0.2, 0) is 0 Å². The molecule has 3 N–H and O–H groups in total. The number of hydrogen-bond donors (Lipinski definition) is 2. The van der Waals surface area contributed by atoms with E-state index in [0.717, 1.165) is 22.5 Å². The molecule has 4 nitrogen and oxygen atoms in total. The van der Waals surface area contributed by atoms with Crippen molar-refractivity contribution < 1.29 is 4.42 Å².